The molecule has 0 spiro atoms. The molecule has 2 aromatic rings. The van der Waals surface area contributed by atoms with E-state index in [0.29, 0.717) is 28.1 Å². The Balaban J connectivity index is 1.92. The first-order valence-electron chi connectivity index (χ1n) is 8.54. The van der Waals surface area contributed by atoms with Crippen LogP contribution in [0.4, 0.5) is 10.5 Å². The van der Waals surface area contributed by atoms with Crippen LogP contribution in [0.25, 0.3) is 6.08 Å². The largest absolute Gasteiger partial charge is 0.490 e. The van der Waals surface area contributed by atoms with E-state index in [1.165, 1.54) is 0 Å². The fraction of sp³-hybridized carbons (Fsp3) is 0.150. The number of halogens is 1. The molecule has 150 valence electrons. The summed E-state index contributed by atoms with van der Waals surface area (Å²) < 4.78 is 11.3. The van der Waals surface area contributed by atoms with Gasteiger partial charge in [0.2, 0.25) is 0 Å². The Labute approximate surface area is 179 Å². The Hall–Kier alpha value is -2.78. The lowest BCUT2D eigenvalue weighted by Crippen LogP contribution is -2.27. The highest BCUT2D eigenvalue weighted by Gasteiger charge is 2.36. The molecule has 29 heavy (non-hydrogen) atoms. The molecule has 0 saturated carbocycles. The summed E-state index contributed by atoms with van der Waals surface area (Å²) in [4.78, 5) is 37.3. The molecule has 0 unspecified atom stereocenters. The number of hydrogen-bond donors (Lipinski definition) is 1. The summed E-state index contributed by atoms with van der Waals surface area (Å²) in [5.41, 5.74) is 1.11. The van der Waals surface area contributed by atoms with Crippen molar-refractivity contribution in [2.45, 2.75) is 6.92 Å². The molecule has 1 N–H and O–H groups in total. The number of ether oxygens (including phenoxy) is 2. The Morgan fingerprint density at radius 3 is 2.59 bits per heavy atom. The number of carboxylic acids is 1. The summed E-state index contributed by atoms with van der Waals surface area (Å²) >= 11 is 4.20. The zero-order valence-electron chi connectivity index (χ0n) is 15.3. The number of imide groups is 1. The lowest BCUT2D eigenvalue weighted by atomic mass is 10.1. The van der Waals surface area contributed by atoms with Crippen LogP contribution in [0.3, 0.4) is 0 Å². The lowest BCUT2D eigenvalue weighted by Gasteiger charge is -2.14. The maximum atomic E-state index is 12.7. The highest BCUT2D eigenvalue weighted by molar-refractivity contribution is 9.10. The van der Waals surface area contributed by atoms with Gasteiger partial charge in [-0.2, -0.15) is 0 Å². The number of amides is 2. The first kappa shape index (κ1) is 20.9. The van der Waals surface area contributed by atoms with Crippen LogP contribution in [0.15, 0.2) is 51.8 Å². The number of rotatable bonds is 7. The van der Waals surface area contributed by atoms with Gasteiger partial charge in [-0.3, -0.25) is 9.59 Å². The molecule has 0 atom stereocenters. The van der Waals surface area contributed by atoms with Gasteiger partial charge >= 0.3 is 5.97 Å². The average Bonchev–Trinajstić information content (AvgIpc) is 2.95. The van der Waals surface area contributed by atoms with Crippen molar-refractivity contribution in [2.24, 2.45) is 0 Å². The van der Waals surface area contributed by atoms with Crippen LogP contribution in [0.1, 0.15) is 12.5 Å². The molecule has 7 nitrogen and oxygen atoms in total. The van der Waals surface area contributed by atoms with Gasteiger partial charge in [-0.1, -0.05) is 18.2 Å². The van der Waals surface area contributed by atoms with Crippen LogP contribution in [0.5, 0.6) is 11.5 Å². The van der Waals surface area contributed by atoms with Gasteiger partial charge in [-0.15, -0.1) is 0 Å². The molecule has 1 heterocycles. The van der Waals surface area contributed by atoms with Gasteiger partial charge in [0.25, 0.3) is 11.1 Å². The van der Waals surface area contributed by atoms with Gasteiger partial charge in [0.05, 0.1) is 21.7 Å². The molecule has 0 aliphatic carbocycles. The van der Waals surface area contributed by atoms with Crippen molar-refractivity contribution in [3.8, 4) is 11.5 Å². The molecule has 0 bridgehead atoms. The average molecular weight is 478 g/mol. The minimum absolute atomic E-state index is 0.254. The number of carboxylic acid groups (broad SMARTS) is 1. The zero-order valence-corrected chi connectivity index (χ0v) is 17.7. The van der Waals surface area contributed by atoms with Gasteiger partial charge < -0.3 is 14.6 Å². The summed E-state index contributed by atoms with van der Waals surface area (Å²) in [6.07, 6.45) is 1.59. The normalized spacial score (nSPS) is 15.1. The van der Waals surface area contributed by atoms with Crippen molar-refractivity contribution in [1.82, 2.24) is 0 Å². The molecule has 2 aromatic carbocycles. The molecule has 0 radical (unpaired) electrons. The quantitative estimate of drug-likeness (QED) is 0.584. The maximum absolute atomic E-state index is 12.7. The zero-order chi connectivity index (χ0) is 21.0. The summed E-state index contributed by atoms with van der Waals surface area (Å²) in [5.74, 6) is -0.940. The predicted octanol–water partition coefficient (Wildman–Crippen LogP) is 4.55. The van der Waals surface area contributed by atoms with Gasteiger partial charge in [-0.25, -0.2) is 9.69 Å². The molecular formula is C20H16BrNO6S. The second-order valence-electron chi connectivity index (χ2n) is 5.80. The maximum Gasteiger partial charge on any atom is 0.341 e. The van der Waals surface area contributed by atoms with Crippen molar-refractivity contribution in [3.63, 3.8) is 0 Å². The SMILES string of the molecule is CCOc1cc(/C=C2\SC(=O)N(c3ccccc3)C2=O)cc(Br)c1OCC(=O)O. The number of nitrogens with zero attached hydrogens (tertiary/aromatic N) is 1. The van der Waals surface area contributed by atoms with E-state index in [9.17, 15) is 14.4 Å². The number of benzene rings is 2. The summed E-state index contributed by atoms with van der Waals surface area (Å²) in [6.45, 7) is 1.60. The monoisotopic (exact) mass is 477 g/mol. The number of carbonyl (C=O) groups excluding carboxylic acids is 2. The fourth-order valence-corrected chi connectivity index (χ4v) is 4.04. The van der Waals surface area contributed by atoms with Crippen LogP contribution in [-0.4, -0.2) is 35.4 Å². The van der Waals surface area contributed by atoms with E-state index >= 15 is 0 Å². The first-order chi connectivity index (χ1) is 13.9. The van der Waals surface area contributed by atoms with Crippen LogP contribution in [0.2, 0.25) is 0 Å². The van der Waals surface area contributed by atoms with E-state index < -0.39 is 18.5 Å². The Morgan fingerprint density at radius 2 is 1.93 bits per heavy atom. The van der Waals surface area contributed by atoms with Crippen molar-refractivity contribution in [3.05, 3.63) is 57.4 Å². The molecule has 1 aliphatic heterocycles. The van der Waals surface area contributed by atoms with Crippen molar-refractivity contribution in [2.75, 3.05) is 18.1 Å². The molecule has 1 saturated heterocycles. The van der Waals surface area contributed by atoms with Gasteiger partial charge in [0.1, 0.15) is 0 Å². The van der Waals surface area contributed by atoms with Crippen molar-refractivity contribution >= 4 is 56.6 Å². The van der Waals surface area contributed by atoms with E-state index in [1.54, 1.807) is 55.5 Å². The number of anilines is 1. The molecule has 2 amide bonds. The molecule has 0 aromatic heterocycles. The predicted molar refractivity (Wildman–Crippen MR) is 113 cm³/mol. The van der Waals surface area contributed by atoms with E-state index in [-0.39, 0.29) is 15.9 Å². The third-order valence-electron chi connectivity index (χ3n) is 3.78. The van der Waals surface area contributed by atoms with Gasteiger partial charge in [-0.05, 0) is 70.5 Å². The van der Waals surface area contributed by atoms with Crippen LogP contribution in [0, 0.1) is 0 Å². The minimum atomic E-state index is -1.11. The third kappa shape index (κ3) is 4.80. The van der Waals surface area contributed by atoms with E-state index in [2.05, 4.69) is 15.9 Å². The number of hydrogen-bond acceptors (Lipinski definition) is 6. The summed E-state index contributed by atoms with van der Waals surface area (Å²) in [7, 11) is 0. The number of para-hydroxylation sites is 1. The third-order valence-corrected chi connectivity index (χ3v) is 5.24. The molecule has 1 aliphatic rings. The van der Waals surface area contributed by atoms with Gasteiger partial charge in [0.15, 0.2) is 18.1 Å². The first-order valence-corrected chi connectivity index (χ1v) is 10.2. The number of aliphatic carboxylic acids is 1. The standard InChI is InChI=1S/C20H16BrNO6S/c1-2-27-15-9-12(8-14(21)18(15)28-11-17(23)24)10-16-19(25)22(20(26)29-16)13-6-4-3-5-7-13/h3-10H,2,11H2,1H3,(H,23,24)/b16-10-. The van der Waals surface area contributed by atoms with Crippen LogP contribution < -0.4 is 14.4 Å². The molecule has 1 fully saturated rings. The second-order valence-corrected chi connectivity index (χ2v) is 7.65. The molecular weight excluding hydrogens is 462 g/mol. The highest BCUT2D eigenvalue weighted by Crippen LogP contribution is 2.40. The Morgan fingerprint density at radius 1 is 1.21 bits per heavy atom. The van der Waals surface area contributed by atoms with E-state index in [1.807, 2.05) is 0 Å². The van der Waals surface area contributed by atoms with Crippen LogP contribution >= 0.6 is 27.7 Å². The van der Waals surface area contributed by atoms with E-state index in [4.69, 9.17) is 14.6 Å². The van der Waals surface area contributed by atoms with Crippen LogP contribution in [-0.2, 0) is 9.59 Å². The molecule has 9 heteroatoms. The van der Waals surface area contributed by atoms with Crippen molar-refractivity contribution in [1.29, 1.82) is 0 Å². The van der Waals surface area contributed by atoms with E-state index in [0.717, 1.165) is 16.7 Å². The Bertz CT molecular complexity index is 992. The fourth-order valence-electron chi connectivity index (χ4n) is 2.63. The number of thioether (sulfide) groups is 1. The summed E-state index contributed by atoms with van der Waals surface area (Å²) in [5, 5.41) is 8.46. The highest BCUT2D eigenvalue weighted by atomic mass is 79.9. The number of carbonyl (C=O) groups is 3. The van der Waals surface area contributed by atoms with Crippen molar-refractivity contribution < 1.29 is 29.0 Å². The second kappa shape index (κ2) is 9.15. The topological polar surface area (TPSA) is 93.1 Å². The lowest BCUT2D eigenvalue weighted by molar-refractivity contribution is -0.139. The molecule has 3 rings (SSSR count). The summed E-state index contributed by atoms with van der Waals surface area (Å²) in [6, 6.07) is 12.0. The minimum Gasteiger partial charge on any atom is -0.490 e. The smallest absolute Gasteiger partial charge is 0.341 e. The van der Waals surface area contributed by atoms with Gasteiger partial charge in [0, 0.05) is 0 Å². The Kier molecular flexibility index (Phi) is 6.60.